The first-order valence-corrected chi connectivity index (χ1v) is 6.65. The van der Waals surface area contributed by atoms with Crippen molar-refractivity contribution in [3.05, 3.63) is 59.4 Å². The number of hydrogen-bond donors (Lipinski definition) is 1. The lowest BCUT2D eigenvalue weighted by molar-refractivity contribution is 0.436. The van der Waals surface area contributed by atoms with Gasteiger partial charge in [-0.1, -0.05) is 29.4 Å². The predicted molar refractivity (Wildman–Crippen MR) is 81.2 cm³/mol. The number of aryl methyl sites for hydroxylation is 2. The van der Waals surface area contributed by atoms with Gasteiger partial charge in [-0.15, -0.1) is 0 Å². The zero-order chi connectivity index (χ0) is 15.0. The molecular formula is C17H15FN2O. The highest BCUT2D eigenvalue weighted by Gasteiger charge is 2.19. The van der Waals surface area contributed by atoms with Gasteiger partial charge in [0.25, 0.3) is 0 Å². The first kappa shape index (κ1) is 13.4. The van der Waals surface area contributed by atoms with Gasteiger partial charge in [0.1, 0.15) is 5.82 Å². The number of nitrogens with zero attached hydrogens (tertiary/aromatic N) is 1. The Hall–Kier alpha value is -2.62. The molecule has 106 valence electrons. The number of benzene rings is 2. The van der Waals surface area contributed by atoms with Gasteiger partial charge in [-0.05, 0) is 48.7 Å². The monoisotopic (exact) mass is 282 g/mol. The van der Waals surface area contributed by atoms with E-state index in [4.69, 9.17) is 10.3 Å². The van der Waals surface area contributed by atoms with Crippen molar-refractivity contribution in [1.82, 2.24) is 5.16 Å². The molecule has 0 spiro atoms. The Labute approximate surface area is 122 Å². The molecular weight excluding hydrogens is 267 g/mol. The number of rotatable bonds is 2. The van der Waals surface area contributed by atoms with Gasteiger partial charge in [0.05, 0.1) is 5.56 Å². The minimum absolute atomic E-state index is 0.247. The molecule has 4 heteroatoms. The van der Waals surface area contributed by atoms with Gasteiger partial charge in [0, 0.05) is 5.56 Å². The van der Waals surface area contributed by atoms with Crippen LogP contribution in [-0.2, 0) is 0 Å². The van der Waals surface area contributed by atoms with Crippen LogP contribution >= 0.6 is 0 Å². The fraction of sp³-hybridized carbons (Fsp3) is 0.118. The molecule has 0 aliphatic carbocycles. The first-order valence-electron chi connectivity index (χ1n) is 6.65. The second-order valence-corrected chi connectivity index (χ2v) is 5.05. The Morgan fingerprint density at radius 2 is 1.81 bits per heavy atom. The number of hydrogen-bond acceptors (Lipinski definition) is 3. The van der Waals surface area contributed by atoms with E-state index in [-0.39, 0.29) is 5.82 Å². The van der Waals surface area contributed by atoms with E-state index < -0.39 is 0 Å². The molecule has 1 heterocycles. The number of halogens is 1. The lowest BCUT2D eigenvalue weighted by Crippen LogP contribution is -1.91. The molecule has 0 amide bonds. The Bertz CT molecular complexity index is 808. The topological polar surface area (TPSA) is 52.0 Å². The van der Waals surface area contributed by atoms with E-state index in [0.717, 1.165) is 22.3 Å². The van der Waals surface area contributed by atoms with E-state index >= 15 is 0 Å². The van der Waals surface area contributed by atoms with Crippen LogP contribution in [0.4, 0.5) is 10.2 Å². The molecule has 1 aromatic heterocycles. The van der Waals surface area contributed by atoms with Gasteiger partial charge in [0.15, 0.2) is 11.6 Å². The third-order valence-corrected chi connectivity index (χ3v) is 3.55. The Morgan fingerprint density at radius 1 is 1.05 bits per heavy atom. The lowest BCUT2D eigenvalue weighted by atomic mass is 9.97. The van der Waals surface area contributed by atoms with Gasteiger partial charge in [-0.25, -0.2) is 4.39 Å². The highest BCUT2D eigenvalue weighted by Crippen LogP contribution is 2.38. The van der Waals surface area contributed by atoms with Crippen LogP contribution in [0.3, 0.4) is 0 Å². The third-order valence-electron chi connectivity index (χ3n) is 3.55. The summed E-state index contributed by atoms with van der Waals surface area (Å²) in [6.07, 6.45) is 0. The summed E-state index contributed by atoms with van der Waals surface area (Å²) in [4.78, 5) is 0. The zero-order valence-electron chi connectivity index (χ0n) is 11.9. The predicted octanol–water partition coefficient (Wildman–Crippen LogP) is 4.35. The Kier molecular flexibility index (Phi) is 3.22. The molecule has 0 atom stereocenters. The third kappa shape index (κ3) is 2.29. The molecule has 0 aliphatic rings. The molecule has 0 fully saturated rings. The first-order chi connectivity index (χ1) is 10.1. The quantitative estimate of drug-likeness (QED) is 0.760. The molecule has 0 aliphatic heterocycles. The SMILES string of the molecule is Cc1cc(-c2onc(N)c2-c2ccccc2C)ccc1F. The van der Waals surface area contributed by atoms with Crippen molar-refractivity contribution in [1.29, 1.82) is 0 Å². The molecule has 0 radical (unpaired) electrons. The highest BCUT2D eigenvalue weighted by molar-refractivity contribution is 5.87. The largest absolute Gasteiger partial charge is 0.380 e. The molecule has 2 aromatic carbocycles. The summed E-state index contributed by atoms with van der Waals surface area (Å²) in [6, 6.07) is 12.7. The summed E-state index contributed by atoms with van der Waals surface area (Å²) in [6.45, 7) is 3.72. The minimum atomic E-state index is -0.247. The highest BCUT2D eigenvalue weighted by atomic mass is 19.1. The van der Waals surface area contributed by atoms with Crippen LogP contribution < -0.4 is 5.73 Å². The van der Waals surface area contributed by atoms with E-state index in [2.05, 4.69) is 5.16 Å². The smallest absolute Gasteiger partial charge is 0.176 e. The van der Waals surface area contributed by atoms with Crippen molar-refractivity contribution < 1.29 is 8.91 Å². The molecule has 21 heavy (non-hydrogen) atoms. The summed E-state index contributed by atoms with van der Waals surface area (Å²) in [5.41, 5.74) is 10.1. The van der Waals surface area contributed by atoms with Crippen molar-refractivity contribution in [2.75, 3.05) is 5.73 Å². The van der Waals surface area contributed by atoms with Gasteiger partial charge in [-0.3, -0.25) is 0 Å². The molecule has 3 aromatic rings. The van der Waals surface area contributed by atoms with Crippen molar-refractivity contribution in [2.24, 2.45) is 0 Å². The molecule has 0 bridgehead atoms. The van der Waals surface area contributed by atoms with Crippen LogP contribution in [0.2, 0.25) is 0 Å². The average Bonchev–Trinajstić information content (AvgIpc) is 2.84. The normalized spacial score (nSPS) is 10.8. The number of aromatic nitrogens is 1. The van der Waals surface area contributed by atoms with E-state index in [1.165, 1.54) is 6.07 Å². The van der Waals surface area contributed by atoms with Crippen LogP contribution in [0, 0.1) is 19.7 Å². The molecule has 0 saturated carbocycles. The number of nitrogens with two attached hydrogens (primary N) is 1. The maximum Gasteiger partial charge on any atom is 0.176 e. The maximum absolute atomic E-state index is 13.4. The Morgan fingerprint density at radius 3 is 2.52 bits per heavy atom. The second kappa shape index (κ2) is 5.05. The van der Waals surface area contributed by atoms with Crippen LogP contribution in [0.25, 0.3) is 22.5 Å². The van der Waals surface area contributed by atoms with Crippen molar-refractivity contribution in [3.63, 3.8) is 0 Å². The molecule has 3 nitrogen and oxygen atoms in total. The van der Waals surface area contributed by atoms with Crippen molar-refractivity contribution >= 4 is 5.82 Å². The lowest BCUT2D eigenvalue weighted by Gasteiger charge is -2.07. The van der Waals surface area contributed by atoms with Crippen LogP contribution in [0.1, 0.15) is 11.1 Å². The van der Waals surface area contributed by atoms with Gasteiger partial charge >= 0.3 is 0 Å². The summed E-state index contributed by atoms with van der Waals surface area (Å²) in [5.74, 6) is 0.648. The summed E-state index contributed by atoms with van der Waals surface area (Å²) in [7, 11) is 0. The van der Waals surface area contributed by atoms with Crippen molar-refractivity contribution in [2.45, 2.75) is 13.8 Å². The van der Waals surface area contributed by atoms with Crippen molar-refractivity contribution in [3.8, 4) is 22.5 Å². The summed E-state index contributed by atoms with van der Waals surface area (Å²) >= 11 is 0. The van der Waals surface area contributed by atoms with E-state index in [9.17, 15) is 4.39 Å². The molecule has 0 unspecified atom stereocenters. The van der Waals surface area contributed by atoms with E-state index in [0.29, 0.717) is 17.1 Å². The van der Waals surface area contributed by atoms with Gasteiger partial charge < -0.3 is 10.3 Å². The van der Waals surface area contributed by atoms with Crippen LogP contribution in [-0.4, -0.2) is 5.16 Å². The molecule has 0 saturated heterocycles. The average molecular weight is 282 g/mol. The number of nitrogen functional groups attached to an aromatic ring is 1. The van der Waals surface area contributed by atoms with Gasteiger partial charge in [-0.2, -0.15) is 0 Å². The standard InChI is InChI=1S/C17H15FN2O/c1-10-5-3-4-6-13(10)15-16(21-20-17(15)19)12-7-8-14(18)11(2)9-12/h3-9H,1-2H3,(H2,19,20). The van der Waals surface area contributed by atoms with Gasteiger partial charge in [0.2, 0.25) is 0 Å². The molecule has 2 N–H and O–H groups in total. The molecule has 3 rings (SSSR count). The second-order valence-electron chi connectivity index (χ2n) is 5.05. The fourth-order valence-electron chi connectivity index (χ4n) is 2.40. The maximum atomic E-state index is 13.4. The number of anilines is 1. The van der Waals surface area contributed by atoms with Crippen LogP contribution in [0.5, 0.6) is 0 Å². The van der Waals surface area contributed by atoms with E-state index in [1.54, 1.807) is 19.1 Å². The summed E-state index contributed by atoms with van der Waals surface area (Å²) in [5, 5.41) is 3.87. The van der Waals surface area contributed by atoms with E-state index in [1.807, 2.05) is 31.2 Å². The minimum Gasteiger partial charge on any atom is -0.380 e. The van der Waals surface area contributed by atoms with Crippen LogP contribution in [0.15, 0.2) is 47.0 Å². The zero-order valence-corrected chi connectivity index (χ0v) is 11.9. The fourth-order valence-corrected chi connectivity index (χ4v) is 2.40. The summed E-state index contributed by atoms with van der Waals surface area (Å²) < 4.78 is 18.8. The Balaban J connectivity index is 2.22.